The molecular weight excluding hydrogens is 244 g/mol. The molecular formula is C14H24N2O3. The van der Waals surface area contributed by atoms with Gasteiger partial charge in [0.2, 0.25) is 5.91 Å². The number of hydrogen-bond acceptors (Lipinski definition) is 3. The Morgan fingerprint density at radius 2 is 1.84 bits per heavy atom. The van der Waals surface area contributed by atoms with E-state index in [1.165, 1.54) is 6.42 Å². The van der Waals surface area contributed by atoms with Crippen LogP contribution in [0.25, 0.3) is 0 Å². The summed E-state index contributed by atoms with van der Waals surface area (Å²) >= 11 is 0. The van der Waals surface area contributed by atoms with Crippen molar-refractivity contribution in [3.05, 3.63) is 0 Å². The van der Waals surface area contributed by atoms with Crippen molar-refractivity contribution >= 4 is 11.9 Å². The second kappa shape index (κ2) is 6.37. The summed E-state index contributed by atoms with van der Waals surface area (Å²) in [6.07, 6.45) is 5.53. The van der Waals surface area contributed by atoms with E-state index in [1.54, 1.807) is 0 Å². The highest BCUT2D eigenvalue weighted by atomic mass is 16.4. The van der Waals surface area contributed by atoms with E-state index in [2.05, 4.69) is 17.3 Å². The number of carbonyl (C=O) groups excluding carboxylic acids is 1. The molecule has 0 spiro atoms. The maximum absolute atomic E-state index is 12.2. The largest absolute Gasteiger partial charge is 0.481 e. The molecule has 1 aliphatic carbocycles. The van der Waals surface area contributed by atoms with E-state index in [0.717, 1.165) is 25.8 Å². The van der Waals surface area contributed by atoms with Crippen LogP contribution in [0.3, 0.4) is 0 Å². The molecule has 0 aromatic heterocycles. The lowest BCUT2D eigenvalue weighted by Gasteiger charge is -2.28. The minimum atomic E-state index is -0.821. The minimum absolute atomic E-state index is 0.0626. The van der Waals surface area contributed by atoms with Crippen molar-refractivity contribution < 1.29 is 14.7 Å². The Morgan fingerprint density at radius 1 is 1.16 bits per heavy atom. The lowest BCUT2D eigenvalue weighted by atomic mass is 9.78. The summed E-state index contributed by atoms with van der Waals surface area (Å²) in [7, 11) is 2.07. The molecule has 108 valence electrons. The fourth-order valence-electron chi connectivity index (χ4n) is 3.33. The predicted octanol–water partition coefficient (Wildman–Crippen LogP) is 1.09. The average molecular weight is 268 g/mol. The van der Waals surface area contributed by atoms with Gasteiger partial charge in [0.05, 0.1) is 11.8 Å². The smallest absolute Gasteiger partial charge is 0.307 e. The first-order valence-corrected chi connectivity index (χ1v) is 7.30. The lowest BCUT2D eigenvalue weighted by molar-refractivity contribution is -0.148. The van der Waals surface area contributed by atoms with Gasteiger partial charge >= 0.3 is 5.97 Å². The Labute approximate surface area is 114 Å². The van der Waals surface area contributed by atoms with Crippen LogP contribution in [0.2, 0.25) is 0 Å². The average Bonchev–Trinajstić information content (AvgIpc) is 2.81. The molecule has 1 aliphatic heterocycles. The molecule has 5 nitrogen and oxygen atoms in total. The quantitative estimate of drug-likeness (QED) is 0.800. The predicted molar refractivity (Wildman–Crippen MR) is 71.7 cm³/mol. The Morgan fingerprint density at radius 3 is 2.42 bits per heavy atom. The number of nitrogens with zero attached hydrogens (tertiary/aromatic N) is 1. The Balaban J connectivity index is 1.85. The molecule has 19 heavy (non-hydrogen) atoms. The van der Waals surface area contributed by atoms with E-state index >= 15 is 0 Å². The zero-order valence-corrected chi connectivity index (χ0v) is 11.6. The molecule has 3 atom stereocenters. The molecule has 1 heterocycles. The van der Waals surface area contributed by atoms with Gasteiger partial charge in [0.15, 0.2) is 0 Å². The molecule has 5 heteroatoms. The maximum Gasteiger partial charge on any atom is 0.307 e. The molecule has 1 unspecified atom stereocenters. The Kier molecular flexibility index (Phi) is 4.80. The Hall–Kier alpha value is -1.10. The molecule has 2 fully saturated rings. The van der Waals surface area contributed by atoms with Crippen molar-refractivity contribution in [1.82, 2.24) is 10.2 Å². The first-order valence-electron chi connectivity index (χ1n) is 7.30. The van der Waals surface area contributed by atoms with Crippen LogP contribution in [0.4, 0.5) is 0 Å². The van der Waals surface area contributed by atoms with E-state index in [4.69, 9.17) is 0 Å². The second-order valence-electron chi connectivity index (χ2n) is 5.86. The van der Waals surface area contributed by atoms with Crippen LogP contribution in [0.1, 0.15) is 38.5 Å². The molecule has 0 aromatic rings. The van der Waals surface area contributed by atoms with Gasteiger partial charge in [-0.1, -0.05) is 12.8 Å². The zero-order chi connectivity index (χ0) is 13.8. The third-order valence-electron chi connectivity index (χ3n) is 4.60. The number of likely N-dealkylation sites (N-methyl/N-ethyl adjacent to an activating group) is 1. The van der Waals surface area contributed by atoms with Gasteiger partial charge in [-0.2, -0.15) is 0 Å². The first-order chi connectivity index (χ1) is 9.09. The normalized spacial score (nSPS) is 32.2. The molecule has 0 bridgehead atoms. The highest BCUT2D eigenvalue weighted by Crippen LogP contribution is 2.30. The molecule has 1 amide bonds. The highest BCUT2D eigenvalue weighted by molar-refractivity contribution is 5.84. The van der Waals surface area contributed by atoms with Gasteiger partial charge in [-0.05, 0) is 39.3 Å². The third kappa shape index (κ3) is 3.47. The van der Waals surface area contributed by atoms with Gasteiger partial charge in [0, 0.05) is 12.6 Å². The lowest BCUT2D eigenvalue weighted by Crippen LogP contribution is -2.44. The SMILES string of the molecule is CN1CCCC1CNC(=O)[C@@H]1CCCC[C@@H]1C(=O)O. The van der Waals surface area contributed by atoms with Crippen LogP contribution < -0.4 is 5.32 Å². The summed E-state index contributed by atoms with van der Waals surface area (Å²) in [5.41, 5.74) is 0. The summed E-state index contributed by atoms with van der Waals surface area (Å²) in [4.78, 5) is 25.6. The number of carboxylic acid groups (broad SMARTS) is 1. The minimum Gasteiger partial charge on any atom is -0.481 e. The number of hydrogen-bond donors (Lipinski definition) is 2. The molecule has 1 saturated carbocycles. The van der Waals surface area contributed by atoms with E-state index in [9.17, 15) is 14.7 Å². The number of rotatable bonds is 4. The molecule has 2 rings (SSSR count). The van der Waals surface area contributed by atoms with Crippen LogP contribution in [-0.4, -0.2) is 48.1 Å². The fourth-order valence-corrected chi connectivity index (χ4v) is 3.33. The number of aliphatic carboxylic acids is 1. The second-order valence-corrected chi connectivity index (χ2v) is 5.86. The van der Waals surface area contributed by atoms with Gasteiger partial charge in [0.25, 0.3) is 0 Å². The molecule has 2 aliphatic rings. The van der Waals surface area contributed by atoms with E-state index in [1.807, 2.05) is 0 Å². The zero-order valence-electron chi connectivity index (χ0n) is 11.6. The van der Waals surface area contributed by atoms with Gasteiger partial charge in [0.1, 0.15) is 0 Å². The van der Waals surface area contributed by atoms with Gasteiger partial charge in [-0.25, -0.2) is 0 Å². The molecule has 0 aromatic carbocycles. The van der Waals surface area contributed by atoms with Crippen LogP contribution >= 0.6 is 0 Å². The number of carboxylic acids is 1. The fraction of sp³-hybridized carbons (Fsp3) is 0.857. The number of amides is 1. The van der Waals surface area contributed by atoms with Crippen molar-refractivity contribution in [2.45, 2.75) is 44.6 Å². The molecule has 2 N–H and O–H groups in total. The van der Waals surface area contributed by atoms with Gasteiger partial charge in [-0.3, -0.25) is 9.59 Å². The maximum atomic E-state index is 12.2. The van der Waals surface area contributed by atoms with Gasteiger partial charge in [-0.15, -0.1) is 0 Å². The van der Waals surface area contributed by atoms with E-state index < -0.39 is 11.9 Å². The van der Waals surface area contributed by atoms with Gasteiger partial charge < -0.3 is 15.3 Å². The summed E-state index contributed by atoms with van der Waals surface area (Å²) < 4.78 is 0. The van der Waals surface area contributed by atoms with Crippen molar-refractivity contribution in [2.75, 3.05) is 20.1 Å². The Bertz CT molecular complexity index is 346. The summed E-state index contributed by atoms with van der Waals surface area (Å²) in [5, 5.41) is 12.2. The highest BCUT2D eigenvalue weighted by Gasteiger charge is 2.36. The number of carbonyl (C=O) groups is 2. The topological polar surface area (TPSA) is 69.6 Å². The van der Waals surface area contributed by atoms with E-state index in [-0.39, 0.29) is 11.8 Å². The third-order valence-corrected chi connectivity index (χ3v) is 4.60. The van der Waals surface area contributed by atoms with Crippen molar-refractivity contribution in [1.29, 1.82) is 0 Å². The number of nitrogens with one attached hydrogen (secondary N) is 1. The standard InChI is InChI=1S/C14H24N2O3/c1-16-8-4-5-10(16)9-15-13(17)11-6-2-3-7-12(11)14(18)19/h10-12H,2-9H2,1H3,(H,15,17)(H,18,19)/t10?,11-,12+/m1/s1. The number of likely N-dealkylation sites (tertiary alicyclic amines) is 1. The summed E-state index contributed by atoms with van der Waals surface area (Å²) in [6, 6.07) is 0.413. The summed E-state index contributed by atoms with van der Waals surface area (Å²) in [6.45, 7) is 1.74. The molecule has 1 saturated heterocycles. The van der Waals surface area contributed by atoms with Crippen LogP contribution in [0.15, 0.2) is 0 Å². The van der Waals surface area contributed by atoms with Crippen LogP contribution in [0, 0.1) is 11.8 Å². The van der Waals surface area contributed by atoms with Crippen LogP contribution in [-0.2, 0) is 9.59 Å². The van der Waals surface area contributed by atoms with Crippen molar-refractivity contribution in [3.63, 3.8) is 0 Å². The monoisotopic (exact) mass is 268 g/mol. The van der Waals surface area contributed by atoms with Crippen LogP contribution in [0.5, 0.6) is 0 Å². The summed E-state index contributed by atoms with van der Waals surface area (Å²) in [5.74, 6) is -1.71. The van der Waals surface area contributed by atoms with Crippen molar-refractivity contribution in [2.24, 2.45) is 11.8 Å². The first kappa shape index (κ1) is 14.3. The van der Waals surface area contributed by atoms with Crippen molar-refractivity contribution in [3.8, 4) is 0 Å². The molecule has 0 radical (unpaired) electrons. The van der Waals surface area contributed by atoms with E-state index in [0.29, 0.717) is 25.4 Å².